The van der Waals surface area contributed by atoms with Crippen LogP contribution in [0.15, 0.2) is 65.8 Å². The Morgan fingerprint density at radius 3 is 2.59 bits per heavy atom. The Morgan fingerprint density at radius 1 is 1.03 bits per heavy atom. The smallest absolute Gasteiger partial charge is 0.278 e. The number of nitrogens with one attached hydrogen (secondary N) is 2. The van der Waals surface area contributed by atoms with E-state index in [1.807, 2.05) is 61.5 Å². The largest absolute Gasteiger partial charge is 0.494 e. The van der Waals surface area contributed by atoms with E-state index in [-0.39, 0.29) is 12.5 Å². The number of rotatable bonds is 13. The van der Waals surface area contributed by atoms with Crippen LogP contribution in [-0.4, -0.2) is 35.3 Å². The number of anilines is 1. The average Bonchev–Trinajstić information content (AvgIpc) is 2.85. The highest BCUT2D eigenvalue weighted by Crippen LogP contribution is 2.13. The number of nitrogens with zero attached hydrogens (tertiary/aromatic N) is 3. The van der Waals surface area contributed by atoms with Crippen LogP contribution in [0.4, 0.5) is 5.95 Å². The molecule has 3 aromatic rings. The van der Waals surface area contributed by atoms with Crippen LogP contribution in [0.1, 0.15) is 43.0 Å². The molecule has 0 aliphatic carbocycles. The minimum atomic E-state index is -0.387. The Labute approximate surface area is 200 Å². The molecule has 0 atom stereocenters. The van der Waals surface area contributed by atoms with Crippen LogP contribution in [0.3, 0.4) is 0 Å². The van der Waals surface area contributed by atoms with E-state index in [1.165, 1.54) is 6.42 Å². The highest BCUT2D eigenvalue weighted by atomic mass is 16.5. The number of ether oxygens (including phenoxy) is 2. The minimum Gasteiger partial charge on any atom is -0.494 e. The lowest BCUT2D eigenvalue weighted by molar-refractivity contribution is -0.123. The molecule has 0 spiro atoms. The number of hydrogen-bond acceptors (Lipinski definition) is 7. The summed E-state index contributed by atoms with van der Waals surface area (Å²) in [5, 5.41) is 7.15. The summed E-state index contributed by atoms with van der Waals surface area (Å²) in [6.07, 6.45) is 4.95. The zero-order valence-corrected chi connectivity index (χ0v) is 19.7. The third-order valence-corrected chi connectivity index (χ3v) is 4.77. The van der Waals surface area contributed by atoms with E-state index in [4.69, 9.17) is 9.47 Å². The summed E-state index contributed by atoms with van der Waals surface area (Å²) in [5.41, 5.74) is 5.15. The molecule has 0 aliphatic heterocycles. The Kier molecular flexibility index (Phi) is 9.86. The van der Waals surface area contributed by atoms with Crippen molar-refractivity contribution in [3.8, 4) is 11.6 Å². The van der Waals surface area contributed by atoms with Crippen LogP contribution in [-0.2, 0) is 11.3 Å². The Morgan fingerprint density at radius 2 is 1.82 bits per heavy atom. The highest BCUT2D eigenvalue weighted by Gasteiger charge is 2.06. The zero-order valence-electron chi connectivity index (χ0n) is 19.7. The molecule has 0 fully saturated rings. The lowest BCUT2D eigenvalue weighted by Crippen LogP contribution is -2.25. The van der Waals surface area contributed by atoms with Gasteiger partial charge in [-0.3, -0.25) is 4.79 Å². The van der Waals surface area contributed by atoms with Crippen molar-refractivity contribution in [2.24, 2.45) is 5.10 Å². The average molecular weight is 462 g/mol. The molecule has 1 heterocycles. The van der Waals surface area contributed by atoms with Crippen molar-refractivity contribution >= 4 is 18.1 Å². The molecular weight excluding hydrogens is 430 g/mol. The molecule has 0 saturated carbocycles. The summed E-state index contributed by atoms with van der Waals surface area (Å²) >= 11 is 0. The lowest BCUT2D eigenvalue weighted by atomic mass is 10.2. The van der Waals surface area contributed by atoms with Gasteiger partial charge in [-0.1, -0.05) is 50.1 Å². The van der Waals surface area contributed by atoms with Gasteiger partial charge in [0.05, 0.1) is 12.8 Å². The first-order valence-corrected chi connectivity index (χ1v) is 11.4. The number of carbonyl (C=O) groups is 1. The first-order valence-electron chi connectivity index (χ1n) is 11.4. The second kappa shape index (κ2) is 13.6. The number of benzene rings is 2. The molecule has 0 unspecified atom stereocenters. The van der Waals surface area contributed by atoms with E-state index < -0.39 is 0 Å². The molecule has 8 heteroatoms. The normalized spacial score (nSPS) is 10.8. The van der Waals surface area contributed by atoms with Crippen molar-refractivity contribution in [3.05, 3.63) is 77.5 Å². The van der Waals surface area contributed by atoms with Gasteiger partial charge in [0.1, 0.15) is 5.75 Å². The van der Waals surface area contributed by atoms with Gasteiger partial charge in [0.25, 0.3) is 5.91 Å². The molecule has 0 bridgehead atoms. The Bertz CT molecular complexity index is 1060. The van der Waals surface area contributed by atoms with Gasteiger partial charge in [-0.05, 0) is 48.7 Å². The van der Waals surface area contributed by atoms with Crippen molar-refractivity contribution in [2.75, 3.05) is 18.5 Å². The van der Waals surface area contributed by atoms with E-state index in [0.29, 0.717) is 25.0 Å². The Balaban J connectivity index is 1.42. The number of amides is 1. The summed E-state index contributed by atoms with van der Waals surface area (Å²) in [5.74, 6) is 1.19. The topological polar surface area (TPSA) is 97.7 Å². The maximum atomic E-state index is 12.1. The third-order valence-electron chi connectivity index (χ3n) is 4.77. The molecule has 178 valence electrons. The molecular formula is C26H31N5O3. The van der Waals surface area contributed by atoms with Crippen LogP contribution in [0.2, 0.25) is 0 Å². The summed E-state index contributed by atoms with van der Waals surface area (Å²) in [7, 11) is 0. The molecule has 2 N–H and O–H groups in total. The van der Waals surface area contributed by atoms with Crippen LogP contribution < -0.4 is 20.2 Å². The van der Waals surface area contributed by atoms with Gasteiger partial charge in [0.2, 0.25) is 11.8 Å². The maximum Gasteiger partial charge on any atom is 0.278 e. The minimum absolute atomic E-state index is 0.212. The van der Waals surface area contributed by atoms with E-state index in [9.17, 15) is 4.79 Å². The van der Waals surface area contributed by atoms with Crippen LogP contribution in [0.5, 0.6) is 11.6 Å². The molecule has 0 saturated heterocycles. The molecule has 2 aromatic carbocycles. The number of hydrogen-bond donors (Lipinski definition) is 2. The van der Waals surface area contributed by atoms with Crippen molar-refractivity contribution in [1.82, 2.24) is 15.4 Å². The molecule has 0 radical (unpaired) electrons. The number of carbonyl (C=O) groups excluding carboxylic acids is 1. The monoisotopic (exact) mass is 461 g/mol. The summed E-state index contributed by atoms with van der Waals surface area (Å²) < 4.78 is 11.2. The highest BCUT2D eigenvalue weighted by molar-refractivity contribution is 5.83. The molecule has 1 aromatic heterocycles. The second-order valence-electron chi connectivity index (χ2n) is 7.72. The van der Waals surface area contributed by atoms with E-state index in [1.54, 1.807) is 12.3 Å². The molecule has 34 heavy (non-hydrogen) atoms. The SMILES string of the molecule is CCCCCOc1ccc(C=NNC(=O)COc2cc(C)nc(NCc3ccccc3)n2)cc1. The van der Waals surface area contributed by atoms with Gasteiger partial charge in [0.15, 0.2) is 6.61 Å². The van der Waals surface area contributed by atoms with E-state index >= 15 is 0 Å². The quantitative estimate of drug-likeness (QED) is 0.221. The van der Waals surface area contributed by atoms with Gasteiger partial charge in [-0.15, -0.1) is 0 Å². The van der Waals surface area contributed by atoms with Crippen molar-refractivity contribution in [1.29, 1.82) is 0 Å². The molecule has 3 rings (SSSR count). The van der Waals surface area contributed by atoms with Crippen molar-refractivity contribution in [2.45, 2.75) is 39.7 Å². The molecule has 0 aliphatic rings. The van der Waals surface area contributed by atoms with E-state index in [0.717, 1.165) is 35.4 Å². The second-order valence-corrected chi connectivity index (χ2v) is 7.72. The van der Waals surface area contributed by atoms with Gasteiger partial charge in [-0.25, -0.2) is 10.4 Å². The summed E-state index contributed by atoms with van der Waals surface area (Å²) in [6.45, 7) is 5.10. The number of unbranched alkanes of at least 4 members (excludes halogenated alkanes) is 2. The van der Waals surface area contributed by atoms with Crippen LogP contribution >= 0.6 is 0 Å². The van der Waals surface area contributed by atoms with Gasteiger partial charge in [-0.2, -0.15) is 10.1 Å². The standard InChI is InChI=1S/C26H31N5O3/c1-3-4-8-15-33-23-13-11-22(12-14-23)18-28-31-24(32)19-34-25-16-20(2)29-26(30-25)27-17-21-9-6-5-7-10-21/h5-7,9-14,16,18H,3-4,8,15,17,19H2,1-2H3,(H,31,32)(H,27,29,30). The fourth-order valence-electron chi connectivity index (χ4n) is 3.01. The summed E-state index contributed by atoms with van der Waals surface area (Å²) in [6, 6.07) is 19.2. The first kappa shape index (κ1) is 24.7. The van der Waals surface area contributed by atoms with Crippen molar-refractivity contribution in [3.63, 3.8) is 0 Å². The lowest BCUT2D eigenvalue weighted by Gasteiger charge is -2.09. The first-order chi connectivity index (χ1) is 16.6. The number of hydrazone groups is 1. The van der Waals surface area contributed by atoms with Crippen molar-refractivity contribution < 1.29 is 14.3 Å². The van der Waals surface area contributed by atoms with Gasteiger partial charge in [0, 0.05) is 18.3 Å². The predicted octanol–water partition coefficient (Wildman–Crippen LogP) is 4.50. The van der Waals surface area contributed by atoms with Gasteiger partial charge >= 0.3 is 0 Å². The van der Waals surface area contributed by atoms with Crippen LogP contribution in [0, 0.1) is 6.92 Å². The zero-order chi connectivity index (χ0) is 24.0. The molecule has 1 amide bonds. The fourth-order valence-corrected chi connectivity index (χ4v) is 3.01. The summed E-state index contributed by atoms with van der Waals surface area (Å²) in [4.78, 5) is 20.8. The fraction of sp³-hybridized carbons (Fsp3) is 0.308. The third kappa shape index (κ3) is 8.90. The molecule has 8 nitrogen and oxygen atoms in total. The Hall–Kier alpha value is -3.94. The van der Waals surface area contributed by atoms with E-state index in [2.05, 4.69) is 32.7 Å². The number of aromatic nitrogens is 2. The van der Waals surface area contributed by atoms with Crippen LogP contribution in [0.25, 0.3) is 0 Å². The predicted molar refractivity (Wildman–Crippen MR) is 133 cm³/mol. The maximum absolute atomic E-state index is 12.1. The number of aryl methyl sites for hydroxylation is 1. The van der Waals surface area contributed by atoms with Gasteiger partial charge < -0.3 is 14.8 Å².